The summed E-state index contributed by atoms with van der Waals surface area (Å²) in [7, 11) is -1.32. The molecule has 1 unspecified atom stereocenters. The first-order chi connectivity index (χ1) is 41.1. The highest BCUT2D eigenvalue weighted by molar-refractivity contribution is 7.84. The zero-order valence-electron chi connectivity index (χ0n) is 49.0. The molecule has 5 aromatic rings. The van der Waals surface area contributed by atoms with Gasteiger partial charge in [-0.3, -0.25) is 37.8 Å². The van der Waals surface area contributed by atoms with E-state index in [1.807, 2.05) is 10.8 Å². The summed E-state index contributed by atoms with van der Waals surface area (Å²) in [6, 6.07) is -2.09. The van der Waals surface area contributed by atoms with Gasteiger partial charge in [0.2, 0.25) is 29.5 Å². The molecular weight excluding hydrogens is 1210 g/mol. The van der Waals surface area contributed by atoms with Crippen LogP contribution in [0.1, 0.15) is 108 Å². The number of hydrogen-bond donors (Lipinski definition) is 14. The Kier molecular flexibility index (Phi) is 29.6. The SMILES string of the molecule is Cc1c(N)nc([C@H](CC(N)=O)NC[C@H](N)C(N)=O)nc1C(=O)N[C@@H](Cc1cccs1)C(=O)N[C@H](C(C)C)[C@@H](O)[C@H](C)C(=O)N[C@@H](CCS(C)=O)C(=O)NCCc1nc(-c2nc(-c3nc(C(=O)NCCCNCCCCNCCCN)cs3)cs2)cs1. The number of unbranched alkanes of at least 4 members (excludes halogenated alkanes) is 1. The van der Waals surface area contributed by atoms with E-state index in [0.29, 0.717) is 51.6 Å². The minimum Gasteiger partial charge on any atom is -0.390 e. The summed E-state index contributed by atoms with van der Waals surface area (Å²) < 4.78 is 12.3. The van der Waals surface area contributed by atoms with Gasteiger partial charge >= 0.3 is 0 Å². The van der Waals surface area contributed by atoms with Gasteiger partial charge < -0.3 is 76.3 Å². The lowest BCUT2D eigenvalue weighted by Gasteiger charge is -2.33. The van der Waals surface area contributed by atoms with Gasteiger partial charge in [-0.25, -0.2) is 24.9 Å². The molecule has 0 aliphatic carbocycles. The standard InChI is InChI=1S/C54H82N18O9S5/c1-29(2)42(71-51(79)36(23-32-11-8-21-82-32)67-52(80)43-30(3)45(58)72-47(70-43)35(24-40(57)73)64-25-33(56)46(59)75)44(74)31(4)48(76)66-34(13-22-86(5)81)49(77)63-20-12-41-65-38(27-83-41)53-69-39(28-85-53)54-68-37(26-84-54)50(78)62-19-10-18-61-16-7-6-15-60-17-9-14-55/h8,11,21,26-29,31,33-36,42,44,60-61,64,74H,6-7,9-10,12-20,22-25,55-56H2,1-5H3,(H2,57,73)(H2,59,75)(H,62,78)(H,63,77)(H,66,76)(H,67,80)(H,71,79)(H2,58,70,72)/t31-,33-,34-,35-,36-,42+,44-,86?/m0/s1. The molecule has 19 N–H and O–H groups in total. The number of amides is 7. The van der Waals surface area contributed by atoms with E-state index in [4.69, 9.17) is 38.6 Å². The lowest BCUT2D eigenvalue weighted by molar-refractivity contribution is -0.135. The fourth-order valence-corrected chi connectivity index (χ4v) is 12.2. The number of aromatic nitrogens is 5. The number of nitrogens with two attached hydrogens (primary N) is 5. The monoisotopic (exact) mass is 1290 g/mol. The van der Waals surface area contributed by atoms with Crippen molar-refractivity contribution in [1.29, 1.82) is 0 Å². The summed E-state index contributed by atoms with van der Waals surface area (Å²) in [5, 5.41) is 44.8. The summed E-state index contributed by atoms with van der Waals surface area (Å²) >= 11 is 5.44. The number of aliphatic hydroxyl groups is 1. The van der Waals surface area contributed by atoms with Crippen molar-refractivity contribution >= 4 is 103 Å². The first-order valence-corrected chi connectivity index (χ1v) is 33.5. The third kappa shape index (κ3) is 22.7. The maximum atomic E-state index is 14.3. The second-order valence-electron chi connectivity index (χ2n) is 20.8. The minimum atomic E-state index is -1.51. The molecule has 0 fully saturated rings. The first-order valence-electron chi connectivity index (χ1n) is 28.2. The fourth-order valence-electron chi connectivity index (χ4n) is 8.46. The van der Waals surface area contributed by atoms with Gasteiger partial charge in [0.25, 0.3) is 11.8 Å². The van der Waals surface area contributed by atoms with E-state index in [-0.39, 0.29) is 66.9 Å². The third-order valence-corrected chi connectivity index (χ3v) is 17.9. The van der Waals surface area contributed by atoms with Crippen LogP contribution >= 0.6 is 45.3 Å². The van der Waals surface area contributed by atoms with Crippen molar-refractivity contribution in [3.63, 3.8) is 0 Å². The van der Waals surface area contributed by atoms with Gasteiger partial charge in [-0.15, -0.1) is 45.3 Å². The van der Waals surface area contributed by atoms with Crippen LogP contribution in [0, 0.1) is 18.8 Å². The Balaban J connectivity index is 1.15. The lowest BCUT2D eigenvalue weighted by Crippen LogP contribution is -2.58. The average Bonchev–Trinajstić information content (AvgIpc) is 2.58. The summed E-state index contributed by atoms with van der Waals surface area (Å²) in [6.07, 6.45) is 3.92. The highest BCUT2D eigenvalue weighted by Crippen LogP contribution is 2.31. The van der Waals surface area contributed by atoms with Gasteiger partial charge in [0, 0.05) is 88.3 Å². The quantitative estimate of drug-likeness (QED) is 0.0229. The molecule has 32 heteroatoms. The van der Waals surface area contributed by atoms with Crippen molar-refractivity contribution in [3.05, 3.63) is 66.3 Å². The van der Waals surface area contributed by atoms with Crippen LogP contribution in [0.2, 0.25) is 0 Å². The predicted molar refractivity (Wildman–Crippen MR) is 336 cm³/mol. The number of carbonyl (C=O) groups is 7. The summed E-state index contributed by atoms with van der Waals surface area (Å²) in [5.41, 5.74) is 29.9. The number of nitrogens with one attached hydrogen (secondary N) is 8. The van der Waals surface area contributed by atoms with Crippen molar-refractivity contribution in [2.45, 2.75) is 115 Å². The molecule has 0 saturated heterocycles. The Labute approximate surface area is 518 Å². The highest BCUT2D eigenvalue weighted by atomic mass is 32.2. The number of aliphatic hydroxyl groups excluding tert-OH is 1. The molecule has 5 rings (SSSR count). The number of thiophene rings is 1. The molecule has 86 heavy (non-hydrogen) atoms. The number of primary amides is 2. The average molecular weight is 1290 g/mol. The van der Waals surface area contributed by atoms with Crippen molar-refractivity contribution in [3.8, 4) is 21.4 Å². The van der Waals surface area contributed by atoms with E-state index in [0.717, 1.165) is 56.7 Å². The Morgan fingerprint density at radius 1 is 0.733 bits per heavy atom. The molecule has 5 heterocycles. The molecule has 0 spiro atoms. The summed E-state index contributed by atoms with van der Waals surface area (Å²) in [6.45, 7) is 11.2. The topological polar surface area (TPSA) is 448 Å². The predicted octanol–water partition coefficient (Wildman–Crippen LogP) is -0.0298. The van der Waals surface area contributed by atoms with E-state index in [9.17, 15) is 42.9 Å². The van der Waals surface area contributed by atoms with E-state index in [2.05, 4.69) is 57.5 Å². The van der Waals surface area contributed by atoms with E-state index in [1.54, 1.807) is 36.7 Å². The molecule has 7 amide bonds. The second kappa shape index (κ2) is 36.1. The molecule has 0 radical (unpaired) electrons. The molecule has 8 atom stereocenters. The maximum absolute atomic E-state index is 14.3. The molecule has 0 aliphatic heterocycles. The van der Waals surface area contributed by atoms with Crippen molar-refractivity contribution in [2.24, 2.45) is 34.8 Å². The molecule has 0 bridgehead atoms. The Morgan fingerprint density at radius 2 is 1.41 bits per heavy atom. The molecule has 0 saturated carbocycles. The largest absolute Gasteiger partial charge is 0.390 e. The van der Waals surface area contributed by atoms with Crippen LogP contribution in [0.15, 0.2) is 33.7 Å². The van der Waals surface area contributed by atoms with Crippen molar-refractivity contribution < 1.29 is 42.9 Å². The second-order valence-corrected chi connectivity index (χ2v) is 26.0. The normalized spacial score (nSPS) is 14.3. The van der Waals surface area contributed by atoms with Crippen molar-refractivity contribution in [2.75, 3.05) is 70.1 Å². The van der Waals surface area contributed by atoms with Gasteiger partial charge in [-0.05, 0) is 89.1 Å². The number of anilines is 1. The maximum Gasteiger partial charge on any atom is 0.271 e. The molecule has 0 aromatic carbocycles. The number of carbonyl (C=O) groups excluding carboxylic acids is 7. The van der Waals surface area contributed by atoms with E-state index >= 15 is 0 Å². The lowest BCUT2D eigenvalue weighted by atomic mass is 9.89. The molecule has 5 aromatic heterocycles. The molecule has 0 aliphatic rings. The Bertz CT molecular complexity index is 3030. The zero-order chi connectivity index (χ0) is 62.9. The van der Waals surface area contributed by atoms with Gasteiger partial charge in [-0.2, -0.15) is 0 Å². The fraction of sp³-hybridized carbons (Fsp3) is 0.556. The Hall–Kier alpha value is -6.33. The van der Waals surface area contributed by atoms with Crippen LogP contribution in [-0.4, -0.2) is 170 Å². The van der Waals surface area contributed by atoms with E-state index in [1.165, 1.54) is 65.5 Å². The highest BCUT2D eigenvalue weighted by Gasteiger charge is 2.37. The number of rotatable bonds is 40. The summed E-state index contributed by atoms with van der Waals surface area (Å²) in [5.74, 6) is -6.42. The van der Waals surface area contributed by atoms with Gasteiger partial charge in [-0.1, -0.05) is 26.8 Å². The van der Waals surface area contributed by atoms with Crippen LogP contribution in [0.3, 0.4) is 0 Å². The third-order valence-electron chi connectivity index (χ3n) is 13.5. The van der Waals surface area contributed by atoms with Crippen LogP contribution in [0.4, 0.5) is 5.82 Å². The minimum absolute atomic E-state index is 0.00937. The van der Waals surface area contributed by atoms with Gasteiger partial charge in [0.15, 0.2) is 0 Å². The molecule has 27 nitrogen and oxygen atoms in total. The van der Waals surface area contributed by atoms with Crippen LogP contribution in [0.5, 0.6) is 0 Å². The number of hydrogen-bond acceptors (Lipinski definition) is 24. The van der Waals surface area contributed by atoms with Crippen LogP contribution in [-0.2, 0) is 47.6 Å². The van der Waals surface area contributed by atoms with E-state index < -0.39 is 94.4 Å². The molecule has 472 valence electrons. The number of nitrogens with zero attached hydrogens (tertiary/aromatic N) is 5. The Morgan fingerprint density at radius 3 is 2.07 bits per heavy atom. The van der Waals surface area contributed by atoms with Crippen LogP contribution in [0.25, 0.3) is 21.4 Å². The zero-order valence-corrected chi connectivity index (χ0v) is 53.1. The summed E-state index contributed by atoms with van der Waals surface area (Å²) in [4.78, 5) is 116. The first kappa shape index (κ1) is 70.4. The van der Waals surface area contributed by atoms with Gasteiger partial charge in [0.05, 0.1) is 35.2 Å². The molecular formula is C54H82N18O9S5. The van der Waals surface area contributed by atoms with Crippen molar-refractivity contribution in [1.82, 2.24) is 67.5 Å². The number of thiazole rings is 3. The number of nitrogen functional groups attached to an aromatic ring is 1. The smallest absolute Gasteiger partial charge is 0.271 e. The van der Waals surface area contributed by atoms with Crippen LogP contribution < -0.4 is 71.2 Å². The van der Waals surface area contributed by atoms with Gasteiger partial charge in [0.1, 0.15) is 56.5 Å².